The summed E-state index contributed by atoms with van der Waals surface area (Å²) in [6.45, 7) is 8.17. The van der Waals surface area contributed by atoms with Gasteiger partial charge in [-0.2, -0.15) is 0 Å². The van der Waals surface area contributed by atoms with Crippen LogP contribution >= 0.6 is 93.1 Å². The number of carbonyl (C=O) groups is 2. The van der Waals surface area contributed by atoms with Crippen molar-refractivity contribution in [2.45, 2.75) is 39.9 Å². The molecule has 332 valence electrons. The molecule has 4 heterocycles. The van der Waals surface area contributed by atoms with Gasteiger partial charge in [0.05, 0.1) is 10.0 Å². The van der Waals surface area contributed by atoms with E-state index in [4.69, 9.17) is 80.4 Å². The van der Waals surface area contributed by atoms with Gasteiger partial charge in [0.2, 0.25) is 0 Å². The molecule has 2 fully saturated rings. The Kier molecular flexibility index (Phi) is 18.9. The minimum absolute atomic E-state index is 0. The number of carbonyl (C=O) groups excluding carboxylic acids is 1. The van der Waals surface area contributed by atoms with Crippen molar-refractivity contribution >= 4 is 127 Å². The maximum atomic E-state index is 12.7. The van der Waals surface area contributed by atoms with Gasteiger partial charge in [0.15, 0.2) is 0 Å². The molecule has 2 aromatic heterocycles. The van der Waals surface area contributed by atoms with E-state index in [1.54, 1.807) is 42.5 Å². The lowest BCUT2D eigenvalue weighted by atomic mass is 9.97. The third-order valence-corrected chi connectivity index (χ3v) is 14.3. The Labute approximate surface area is 401 Å². The average molecular weight is 1000 g/mol. The van der Waals surface area contributed by atoms with Crippen molar-refractivity contribution in [2.75, 3.05) is 66.6 Å². The Bertz CT molecular complexity index is 2490. The number of hydrogen-bond acceptors (Lipinski definition) is 8. The van der Waals surface area contributed by atoms with Crippen molar-refractivity contribution in [1.82, 2.24) is 30.0 Å². The molecule has 0 spiro atoms. The van der Waals surface area contributed by atoms with Gasteiger partial charge in [-0.25, -0.2) is 4.79 Å². The van der Waals surface area contributed by atoms with Gasteiger partial charge in [0, 0.05) is 101 Å². The molecule has 2 aliphatic rings. The average Bonchev–Trinajstić information content (AvgIpc) is 3.86. The summed E-state index contributed by atoms with van der Waals surface area (Å²) in [6, 6.07) is 21.3. The van der Waals surface area contributed by atoms with Gasteiger partial charge in [-0.15, -0.1) is 0 Å². The van der Waals surface area contributed by atoms with E-state index < -0.39 is 5.97 Å². The molecule has 0 unspecified atom stereocenters. The summed E-state index contributed by atoms with van der Waals surface area (Å²) < 4.78 is 0. The normalized spacial score (nSPS) is 15.0. The molecular formula is C44H49Cl6N7O3S2. The molecule has 4 aromatic carbocycles. The predicted molar refractivity (Wildman–Crippen MR) is 262 cm³/mol. The van der Waals surface area contributed by atoms with Crippen LogP contribution < -0.4 is 11.1 Å². The number of benzene rings is 4. The summed E-state index contributed by atoms with van der Waals surface area (Å²) in [7, 11) is 4.28. The number of nitrogens with two attached hydrogens (primary N) is 1. The molecule has 0 aliphatic carbocycles. The Morgan fingerprint density at radius 1 is 0.661 bits per heavy atom. The van der Waals surface area contributed by atoms with Crippen LogP contribution in [-0.2, 0) is 0 Å². The lowest BCUT2D eigenvalue weighted by Gasteiger charge is -2.30. The molecule has 1 amide bonds. The fourth-order valence-corrected chi connectivity index (χ4v) is 10.3. The van der Waals surface area contributed by atoms with Gasteiger partial charge in [0.25, 0.3) is 5.91 Å². The standard InChI is InChI=1S/C22H22Cl3N3OS.C15H8Cl3NO2S.C6H15N3.CH4/c1-28-6-4-13(5-7-28)12-26-22(29)19-11-16-18(27-19)9-15(24)10-21(16)30-20-3-2-14(23)8-17(20)25;16-7-1-2-13(10(18)3-7)22-14-5-8(17)4-11-9(14)6-12(19-11)15(20)21;1-8-2-4-9(6-7)5-3-8;/h2-3,8-11,13,27H,4-7,12H2,1H3,(H,26,29);1-6,19H,(H,20,21);2-7H2,1H3;1H4. The quantitative estimate of drug-likeness (QED) is 0.0960. The first kappa shape index (κ1) is 50.2. The van der Waals surface area contributed by atoms with E-state index in [2.05, 4.69) is 44.1 Å². The number of H-pyrrole nitrogens is 2. The van der Waals surface area contributed by atoms with Crippen molar-refractivity contribution in [2.24, 2.45) is 11.7 Å². The van der Waals surface area contributed by atoms with Crippen LogP contribution in [0.2, 0.25) is 30.1 Å². The van der Waals surface area contributed by atoms with E-state index in [0.29, 0.717) is 60.5 Å². The fourth-order valence-electron chi connectivity index (χ4n) is 6.73. The number of amides is 1. The van der Waals surface area contributed by atoms with Crippen LogP contribution in [0.1, 0.15) is 41.2 Å². The molecule has 0 bridgehead atoms. The summed E-state index contributed by atoms with van der Waals surface area (Å²) in [5, 5.41) is 17.2. The highest BCUT2D eigenvalue weighted by Gasteiger charge is 2.20. The van der Waals surface area contributed by atoms with E-state index in [1.807, 2.05) is 30.3 Å². The van der Waals surface area contributed by atoms with Gasteiger partial charge in [-0.05, 0) is 119 Å². The Morgan fingerprint density at radius 3 is 1.60 bits per heavy atom. The van der Waals surface area contributed by atoms with E-state index in [0.717, 1.165) is 88.0 Å². The number of likely N-dealkylation sites (N-methyl/N-ethyl adjacent to an activating group) is 1. The second kappa shape index (κ2) is 23.4. The molecule has 0 atom stereocenters. The number of nitrogens with zero attached hydrogens (tertiary/aromatic N) is 3. The molecule has 0 radical (unpaired) electrons. The molecule has 2 saturated heterocycles. The number of nitrogens with one attached hydrogen (secondary N) is 3. The molecule has 2 aliphatic heterocycles. The minimum atomic E-state index is -1.02. The third-order valence-electron chi connectivity index (χ3n) is 10.3. The third kappa shape index (κ3) is 13.8. The van der Waals surface area contributed by atoms with Crippen molar-refractivity contribution in [3.8, 4) is 0 Å². The minimum Gasteiger partial charge on any atom is -0.477 e. The second-order valence-electron chi connectivity index (χ2n) is 14.8. The van der Waals surface area contributed by atoms with Crippen molar-refractivity contribution in [3.05, 3.63) is 114 Å². The van der Waals surface area contributed by atoms with Crippen LogP contribution in [0.4, 0.5) is 0 Å². The van der Waals surface area contributed by atoms with Crippen LogP contribution in [0.5, 0.6) is 0 Å². The molecule has 6 N–H and O–H groups in total. The molecular weight excluding hydrogens is 951 g/mol. The van der Waals surface area contributed by atoms with Gasteiger partial charge in [0.1, 0.15) is 11.4 Å². The SMILES string of the molecule is C.CN1CCC(CNC(=O)c2cc3c(Sc4ccc(Cl)cc4Cl)cc(Cl)cc3[nH]2)CC1.CN1CCN(CN)CC1.O=C(O)c1cc2c(Sc3ccc(Cl)cc3Cl)cc(Cl)cc2[nH]1. The van der Waals surface area contributed by atoms with Gasteiger partial charge in [-0.3, -0.25) is 9.69 Å². The van der Waals surface area contributed by atoms with Crippen LogP contribution in [0.3, 0.4) is 0 Å². The number of aromatic amines is 2. The lowest BCUT2D eigenvalue weighted by molar-refractivity contribution is 0.0691. The van der Waals surface area contributed by atoms with Crippen molar-refractivity contribution < 1.29 is 14.7 Å². The first-order valence-electron chi connectivity index (χ1n) is 19.4. The molecule has 0 saturated carbocycles. The summed E-state index contributed by atoms with van der Waals surface area (Å²) >= 11 is 39.8. The molecule has 18 heteroatoms. The van der Waals surface area contributed by atoms with Crippen LogP contribution in [-0.4, -0.2) is 108 Å². The zero-order valence-electron chi connectivity index (χ0n) is 33.3. The van der Waals surface area contributed by atoms with E-state index in [1.165, 1.54) is 23.5 Å². The van der Waals surface area contributed by atoms with Crippen molar-refractivity contribution in [3.63, 3.8) is 0 Å². The van der Waals surface area contributed by atoms with E-state index in [9.17, 15) is 9.59 Å². The number of fused-ring (bicyclic) bond motifs is 2. The molecule has 6 aromatic rings. The van der Waals surface area contributed by atoms with Crippen molar-refractivity contribution in [1.29, 1.82) is 0 Å². The molecule has 62 heavy (non-hydrogen) atoms. The number of halogens is 6. The molecule has 10 nitrogen and oxygen atoms in total. The first-order valence-corrected chi connectivity index (χ1v) is 23.3. The lowest BCUT2D eigenvalue weighted by Crippen LogP contribution is -2.46. The van der Waals surface area contributed by atoms with Gasteiger partial charge < -0.3 is 35.9 Å². The smallest absolute Gasteiger partial charge is 0.352 e. The number of piperazine rings is 1. The monoisotopic (exact) mass is 997 g/mol. The predicted octanol–water partition coefficient (Wildman–Crippen LogP) is 12.1. The van der Waals surface area contributed by atoms with Gasteiger partial charge >= 0.3 is 5.97 Å². The topological polar surface area (TPSA) is 134 Å². The first-order chi connectivity index (χ1) is 29.1. The maximum Gasteiger partial charge on any atom is 0.352 e. The number of aromatic carboxylic acids is 1. The number of carboxylic acids is 1. The van der Waals surface area contributed by atoms with E-state index >= 15 is 0 Å². The number of aromatic nitrogens is 2. The summed E-state index contributed by atoms with van der Waals surface area (Å²) in [5.74, 6) is -0.586. The number of likely N-dealkylation sites (tertiary alicyclic amines) is 1. The second-order valence-corrected chi connectivity index (χ2v) is 19.5. The highest BCUT2D eigenvalue weighted by Crippen LogP contribution is 2.41. The van der Waals surface area contributed by atoms with Gasteiger partial charge in [-0.1, -0.05) is 101 Å². The maximum absolute atomic E-state index is 12.7. The highest BCUT2D eigenvalue weighted by molar-refractivity contribution is 8.00. The number of piperidine rings is 1. The Hall–Kier alpha value is -2.82. The zero-order chi connectivity index (χ0) is 43.8. The number of rotatable bonds is 9. The number of hydrogen-bond donors (Lipinski definition) is 5. The largest absolute Gasteiger partial charge is 0.477 e. The number of carboxylic acid groups (broad SMARTS) is 1. The summed E-state index contributed by atoms with van der Waals surface area (Å²) in [6.07, 6.45) is 2.23. The summed E-state index contributed by atoms with van der Waals surface area (Å²) in [4.78, 5) is 40.2. The Balaban J connectivity index is 0.000000198. The molecule has 8 rings (SSSR count). The van der Waals surface area contributed by atoms with Crippen LogP contribution in [0.25, 0.3) is 21.8 Å². The Morgan fingerprint density at radius 2 is 1.13 bits per heavy atom. The van der Waals surface area contributed by atoms with Crippen LogP contribution in [0, 0.1) is 5.92 Å². The van der Waals surface area contributed by atoms with Crippen LogP contribution in [0.15, 0.2) is 92.4 Å². The summed E-state index contributed by atoms with van der Waals surface area (Å²) in [5.41, 5.74) is 7.58. The zero-order valence-corrected chi connectivity index (χ0v) is 39.5. The van der Waals surface area contributed by atoms with E-state index in [-0.39, 0.29) is 19.0 Å². The fraction of sp³-hybridized carbons (Fsp3) is 0.318. The highest BCUT2D eigenvalue weighted by atomic mass is 35.5.